The highest BCUT2D eigenvalue weighted by Crippen LogP contribution is 2.36. The van der Waals surface area contributed by atoms with Crippen molar-refractivity contribution in [1.29, 1.82) is 0 Å². The maximum Gasteiger partial charge on any atom is 0.133 e. The van der Waals surface area contributed by atoms with Crippen molar-refractivity contribution in [3.8, 4) is 0 Å². The maximum atomic E-state index is 4.35. The van der Waals surface area contributed by atoms with E-state index in [9.17, 15) is 0 Å². The van der Waals surface area contributed by atoms with E-state index in [1.54, 1.807) is 0 Å². The first kappa shape index (κ1) is 9.09. The zero-order valence-corrected chi connectivity index (χ0v) is 9.96. The molecule has 0 radical (unpaired) electrons. The molecule has 17 heavy (non-hydrogen) atoms. The molecule has 2 aliphatic heterocycles. The van der Waals surface area contributed by atoms with Crippen LogP contribution in [0.5, 0.6) is 0 Å². The third kappa shape index (κ3) is 1.05. The largest absolute Gasteiger partial charge is 0.334 e. The first-order valence-electron chi connectivity index (χ1n) is 5.75. The normalized spacial score (nSPS) is 17.1. The summed E-state index contributed by atoms with van der Waals surface area (Å²) in [6.45, 7) is 2.78. The number of hydrogen-bond acceptors (Lipinski definition) is 4. The summed E-state index contributed by atoms with van der Waals surface area (Å²) in [5.41, 5.74) is 2.59. The average Bonchev–Trinajstić information content (AvgIpc) is 2.84. The lowest BCUT2D eigenvalue weighted by atomic mass is 10.1. The summed E-state index contributed by atoms with van der Waals surface area (Å²) >= 11 is 0. The number of hydrogen-bond donors (Lipinski definition) is 0. The molecule has 2 bridgehead atoms. The second-order valence-electron chi connectivity index (χ2n) is 4.77. The van der Waals surface area contributed by atoms with Crippen LogP contribution in [0.4, 0.5) is 11.6 Å². The highest BCUT2D eigenvalue weighted by atomic mass is 15.5. The van der Waals surface area contributed by atoms with Crippen molar-refractivity contribution in [2.45, 2.75) is 13.1 Å². The van der Waals surface area contributed by atoms with Gasteiger partial charge in [0.15, 0.2) is 0 Å². The van der Waals surface area contributed by atoms with Gasteiger partial charge in [-0.3, -0.25) is 9.36 Å². The summed E-state index contributed by atoms with van der Waals surface area (Å²) in [7, 11) is 4.01. The molecule has 2 aromatic rings. The Balaban J connectivity index is 1.88. The molecular formula is C11H14N6. The fourth-order valence-electron chi connectivity index (χ4n) is 2.99. The minimum Gasteiger partial charge on any atom is -0.334 e. The van der Waals surface area contributed by atoms with Crippen LogP contribution in [-0.4, -0.2) is 26.2 Å². The molecule has 4 heterocycles. The lowest BCUT2D eigenvalue weighted by molar-refractivity contribution is 0.597. The standard InChI is InChI=1S/C11H14N6/c1-14-10-8(3-12-14)5-17-7-16(10)6-9-4-13-15(2)11(9)17/h3-4H,5-7H2,1-2H3. The van der Waals surface area contributed by atoms with Gasteiger partial charge in [0.25, 0.3) is 0 Å². The molecule has 88 valence electrons. The molecule has 4 rings (SSSR count). The molecular weight excluding hydrogens is 216 g/mol. The van der Waals surface area contributed by atoms with E-state index in [4.69, 9.17) is 0 Å². The molecule has 0 amide bonds. The summed E-state index contributed by atoms with van der Waals surface area (Å²) in [4.78, 5) is 4.71. The molecule has 0 N–H and O–H groups in total. The lowest BCUT2D eigenvalue weighted by Gasteiger charge is -2.42. The fourth-order valence-corrected chi connectivity index (χ4v) is 2.99. The molecule has 0 atom stereocenters. The van der Waals surface area contributed by atoms with Gasteiger partial charge in [-0.15, -0.1) is 0 Å². The third-order valence-corrected chi connectivity index (χ3v) is 3.62. The van der Waals surface area contributed by atoms with Crippen molar-refractivity contribution >= 4 is 11.6 Å². The van der Waals surface area contributed by atoms with Crippen molar-refractivity contribution in [3.63, 3.8) is 0 Å². The molecule has 0 fully saturated rings. The van der Waals surface area contributed by atoms with Crippen molar-refractivity contribution in [1.82, 2.24) is 19.6 Å². The van der Waals surface area contributed by atoms with E-state index in [0.717, 1.165) is 19.8 Å². The van der Waals surface area contributed by atoms with Crippen LogP contribution in [0.2, 0.25) is 0 Å². The van der Waals surface area contributed by atoms with E-state index in [-0.39, 0.29) is 0 Å². The van der Waals surface area contributed by atoms with Crippen molar-refractivity contribution in [2.24, 2.45) is 14.1 Å². The van der Waals surface area contributed by atoms with Gasteiger partial charge in [-0.2, -0.15) is 10.2 Å². The van der Waals surface area contributed by atoms with Crippen LogP contribution >= 0.6 is 0 Å². The van der Waals surface area contributed by atoms with Crippen LogP contribution in [0.1, 0.15) is 11.1 Å². The number of anilines is 2. The zero-order chi connectivity index (χ0) is 11.6. The molecule has 0 saturated carbocycles. The third-order valence-electron chi connectivity index (χ3n) is 3.62. The van der Waals surface area contributed by atoms with Crippen LogP contribution in [0, 0.1) is 0 Å². The van der Waals surface area contributed by atoms with Gasteiger partial charge in [0.1, 0.15) is 11.6 Å². The topological polar surface area (TPSA) is 42.1 Å². The van der Waals surface area contributed by atoms with Crippen molar-refractivity contribution in [2.75, 3.05) is 16.5 Å². The van der Waals surface area contributed by atoms with E-state index in [1.807, 2.05) is 35.9 Å². The van der Waals surface area contributed by atoms with E-state index in [0.29, 0.717) is 0 Å². The Labute approximate surface area is 99.0 Å². The highest BCUT2D eigenvalue weighted by Gasteiger charge is 2.33. The van der Waals surface area contributed by atoms with E-state index < -0.39 is 0 Å². The van der Waals surface area contributed by atoms with Gasteiger partial charge < -0.3 is 9.80 Å². The minimum atomic E-state index is 0.923. The smallest absolute Gasteiger partial charge is 0.133 e. The van der Waals surface area contributed by atoms with E-state index in [2.05, 4.69) is 20.0 Å². The molecule has 0 unspecified atom stereocenters. The summed E-state index contributed by atoms with van der Waals surface area (Å²) in [6, 6.07) is 0. The Kier molecular flexibility index (Phi) is 1.51. The van der Waals surface area contributed by atoms with Crippen LogP contribution in [0.25, 0.3) is 0 Å². The summed E-state index contributed by atoms with van der Waals surface area (Å²) < 4.78 is 3.93. The predicted molar refractivity (Wildman–Crippen MR) is 63.6 cm³/mol. The van der Waals surface area contributed by atoms with Crippen LogP contribution in [0.15, 0.2) is 12.4 Å². The maximum absolute atomic E-state index is 4.35. The first-order valence-corrected chi connectivity index (χ1v) is 5.75. The predicted octanol–water partition coefficient (Wildman–Crippen LogP) is 0.451. The lowest BCUT2D eigenvalue weighted by Crippen LogP contribution is -2.47. The minimum absolute atomic E-state index is 0.923. The SMILES string of the molecule is Cn1ncc2c1N1Cc3cnn(C)c3N(C2)C1. The molecule has 0 spiro atoms. The number of nitrogens with zero attached hydrogens (tertiary/aromatic N) is 6. The van der Waals surface area contributed by atoms with E-state index in [1.165, 1.54) is 22.8 Å². The van der Waals surface area contributed by atoms with Gasteiger partial charge >= 0.3 is 0 Å². The average molecular weight is 230 g/mol. The Hall–Kier alpha value is -1.98. The Morgan fingerprint density at radius 1 is 0.882 bits per heavy atom. The Morgan fingerprint density at radius 2 is 1.35 bits per heavy atom. The van der Waals surface area contributed by atoms with Gasteiger partial charge in [0.05, 0.1) is 32.2 Å². The molecule has 2 aromatic heterocycles. The molecule has 0 aliphatic carbocycles. The molecule has 6 heteroatoms. The van der Waals surface area contributed by atoms with Crippen LogP contribution in [0.3, 0.4) is 0 Å². The molecule has 0 aromatic carbocycles. The number of aryl methyl sites for hydroxylation is 2. The highest BCUT2D eigenvalue weighted by molar-refractivity contribution is 5.62. The van der Waals surface area contributed by atoms with E-state index >= 15 is 0 Å². The number of fused-ring (bicyclic) bond motifs is 6. The Bertz CT molecular complexity index is 543. The monoisotopic (exact) mass is 230 g/mol. The summed E-state index contributed by atoms with van der Waals surface area (Å²) in [5.74, 6) is 2.49. The number of aromatic nitrogens is 4. The summed E-state index contributed by atoms with van der Waals surface area (Å²) in [5, 5.41) is 8.71. The molecule has 2 aliphatic rings. The van der Waals surface area contributed by atoms with Gasteiger partial charge in [-0.25, -0.2) is 0 Å². The zero-order valence-electron chi connectivity index (χ0n) is 9.96. The van der Waals surface area contributed by atoms with Crippen molar-refractivity contribution < 1.29 is 0 Å². The van der Waals surface area contributed by atoms with Crippen LogP contribution in [-0.2, 0) is 27.2 Å². The number of rotatable bonds is 0. The van der Waals surface area contributed by atoms with Gasteiger partial charge in [0, 0.05) is 25.2 Å². The van der Waals surface area contributed by atoms with Crippen LogP contribution < -0.4 is 9.80 Å². The van der Waals surface area contributed by atoms with Gasteiger partial charge in [-0.05, 0) is 0 Å². The van der Waals surface area contributed by atoms with Crippen molar-refractivity contribution in [3.05, 3.63) is 23.5 Å². The summed E-state index contributed by atoms with van der Waals surface area (Å²) in [6.07, 6.45) is 3.94. The first-order chi connectivity index (χ1) is 8.24. The molecule has 0 saturated heterocycles. The fraction of sp³-hybridized carbons (Fsp3) is 0.455. The van der Waals surface area contributed by atoms with Gasteiger partial charge in [0.2, 0.25) is 0 Å². The quantitative estimate of drug-likeness (QED) is 0.659. The molecule has 6 nitrogen and oxygen atoms in total. The Morgan fingerprint density at radius 3 is 1.82 bits per heavy atom. The second kappa shape index (κ2) is 2.82. The second-order valence-corrected chi connectivity index (χ2v) is 4.77. The van der Waals surface area contributed by atoms with Gasteiger partial charge in [-0.1, -0.05) is 0 Å².